The van der Waals surface area contributed by atoms with Crippen LogP contribution in [-0.4, -0.2) is 36.5 Å². The molecule has 0 fully saturated rings. The molecular formula is C15H30N2O3. The zero-order chi connectivity index (χ0) is 13.8. The molecule has 0 radical (unpaired) electrons. The van der Waals surface area contributed by atoms with Crippen LogP contribution in [0.1, 0.15) is 39.5 Å². The lowest BCUT2D eigenvalue weighted by molar-refractivity contribution is -0.697. The van der Waals surface area contributed by atoms with E-state index in [1.165, 1.54) is 0 Å². The first-order valence-corrected chi connectivity index (χ1v) is 7.57. The van der Waals surface area contributed by atoms with Crippen molar-refractivity contribution in [1.29, 1.82) is 0 Å². The van der Waals surface area contributed by atoms with Gasteiger partial charge in [-0.15, -0.1) is 0 Å². The van der Waals surface area contributed by atoms with Gasteiger partial charge in [0, 0.05) is 26.1 Å². The lowest BCUT2D eigenvalue weighted by atomic mass is 10.4. The normalized spacial score (nSPS) is 10.5. The second-order valence-electron chi connectivity index (χ2n) is 4.82. The van der Waals surface area contributed by atoms with E-state index in [1.807, 2.05) is 0 Å². The molecular weight excluding hydrogens is 256 g/mol. The van der Waals surface area contributed by atoms with Gasteiger partial charge in [0.15, 0.2) is 0 Å². The number of aryl methyl sites for hydroxylation is 2. The fourth-order valence-corrected chi connectivity index (χ4v) is 1.89. The van der Waals surface area contributed by atoms with Crippen molar-refractivity contribution in [2.75, 3.05) is 26.4 Å². The van der Waals surface area contributed by atoms with Gasteiger partial charge in [0.2, 0.25) is 6.33 Å². The van der Waals surface area contributed by atoms with Gasteiger partial charge < -0.3 is 14.9 Å². The second-order valence-corrected chi connectivity index (χ2v) is 4.82. The van der Waals surface area contributed by atoms with Gasteiger partial charge in [0.05, 0.1) is 26.3 Å². The first kappa shape index (κ1) is 19.1. The van der Waals surface area contributed by atoms with E-state index in [0.717, 1.165) is 65.2 Å². The van der Waals surface area contributed by atoms with E-state index in [1.54, 1.807) is 0 Å². The molecule has 0 aliphatic heterocycles. The summed E-state index contributed by atoms with van der Waals surface area (Å²) < 4.78 is 15.4. The highest BCUT2D eigenvalue weighted by Gasteiger charge is 2.03. The Hall–Kier alpha value is -0.910. The molecule has 1 N–H and O–H groups in total. The average Bonchev–Trinajstić information content (AvgIpc) is 2.86. The van der Waals surface area contributed by atoms with Gasteiger partial charge in [0.1, 0.15) is 12.4 Å². The van der Waals surface area contributed by atoms with Crippen molar-refractivity contribution in [2.45, 2.75) is 52.6 Å². The third-order valence-corrected chi connectivity index (χ3v) is 2.85. The van der Waals surface area contributed by atoms with Crippen molar-refractivity contribution in [2.24, 2.45) is 0 Å². The summed E-state index contributed by atoms with van der Waals surface area (Å²) in [6.45, 7) is 9.81. The van der Waals surface area contributed by atoms with E-state index in [2.05, 4.69) is 41.7 Å². The van der Waals surface area contributed by atoms with Crippen molar-refractivity contribution < 1.29 is 19.5 Å². The van der Waals surface area contributed by atoms with Crippen LogP contribution in [0, 0.1) is 0 Å². The van der Waals surface area contributed by atoms with Crippen LogP contribution in [0.2, 0.25) is 0 Å². The summed E-state index contributed by atoms with van der Waals surface area (Å²) >= 11 is 0. The molecule has 0 saturated heterocycles. The van der Waals surface area contributed by atoms with Gasteiger partial charge in [-0.05, 0) is 12.8 Å². The van der Waals surface area contributed by atoms with Gasteiger partial charge >= 0.3 is 0 Å². The van der Waals surface area contributed by atoms with Gasteiger partial charge in [-0.1, -0.05) is 13.8 Å². The van der Waals surface area contributed by atoms with Crippen molar-refractivity contribution in [3.8, 4) is 0 Å². The van der Waals surface area contributed by atoms with E-state index in [0.29, 0.717) is 0 Å². The monoisotopic (exact) mass is 286 g/mol. The smallest absolute Gasteiger partial charge is 0.243 e. The molecule has 5 heteroatoms. The quantitative estimate of drug-likeness (QED) is 0.437. The van der Waals surface area contributed by atoms with Gasteiger partial charge in [-0.25, -0.2) is 9.13 Å². The SMILES string of the molecule is CCCOCCCn1cc[n+](CCCOCCC)c1.[OH-]. The Balaban J connectivity index is 0.00000361. The highest BCUT2D eigenvalue weighted by molar-refractivity contribution is 4.66. The minimum Gasteiger partial charge on any atom is -0.870 e. The van der Waals surface area contributed by atoms with E-state index in [9.17, 15) is 0 Å². The lowest BCUT2D eigenvalue weighted by Gasteiger charge is -2.01. The van der Waals surface area contributed by atoms with E-state index < -0.39 is 0 Å². The Morgan fingerprint density at radius 3 is 2.25 bits per heavy atom. The topological polar surface area (TPSA) is 57.3 Å². The average molecular weight is 286 g/mol. The maximum atomic E-state index is 5.48. The van der Waals surface area contributed by atoms with Crippen LogP contribution < -0.4 is 4.57 Å². The molecule has 0 spiro atoms. The fourth-order valence-electron chi connectivity index (χ4n) is 1.89. The predicted octanol–water partition coefficient (Wildman–Crippen LogP) is 2.23. The molecule has 0 aromatic carbocycles. The molecule has 0 aliphatic carbocycles. The predicted molar refractivity (Wildman–Crippen MR) is 78.0 cm³/mol. The maximum Gasteiger partial charge on any atom is 0.243 e. The molecule has 5 nitrogen and oxygen atoms in total. The zero-order valence-corrected chi connectivity index (χ0v) is 13.0. The summed E-state index contributed by atoms with van der Waals surface area (Å²) in [6.07, 6.45) is 10.8. The Bertz CT molecular complexity index is 287. The summed E-state index contributed by atoms with van der Waals surface area (Å²) in [5.41, 5.74) is 0. The van der Waals surface area contributed by atoms with Crippen LogP contribution in [0.25, 0.3) is 0 Å². The fraction of sp³-hybridized carbons (Fsp3) is 0.800. The number of imidazole rings is 1. The molecule has 1 aromatic rings. The molecule has 1 rings (SSSR count). The van der Waals surface area contributed by atoms with Gasteiger partial charge in [0.25, 0.3) is 0 Å². The highest BCUT2D eigenvalue weighted by atomic mass is 16.5. The first-order chi connectivity index (χ1) is 9.36. The van der Waals surface area contributed by atoms with Crippen molar-refractivity contribution in [1.82, 2.24) is 4.57 Å². The summed E-state index contributed by atoms with van der Waals surface area (Å²) in [7, 11) is 0. The van der Waals surface area contributed by atoms with Crippen LogP contribution >= 0.6 is 0 Å². The van der Waals surface area contributed by atoms with Crippen molar-refractivity contribution in [3.63, 3.8) is 0 Å². The molecule has 0 amide bonds. The first-order valence-electron chi connectivity index (χ1n) is 7.57. The van der Waals surface area contributed by atoms with E-state index in [4.69, 9.17) is 9.47 Å². The molecule has 118 valence electrons. The largest absolute Gasteiger partial charge is 0.870 e. The standard InChI is InChI=1S/C15H29N2O2.H2O/c1-3-11-18-13-5-7-16-9-10-17(15-16)8-6-14-19-12-4-2;/h9-10,15H,3-8,11-14H2,1-2H3;1H2/q+1;/p-1. The Labute approximate surface area is 122 Å². The number of rotatable bonds is 12. The molecule has 0 bridgehead atoms. The lowest BCUT2D eigenvalue weighted by Crippen LogP contribution is -2.31. The number of ether oxygens (including phenoxy) is 2. The Morgan fingerprint density at radius 1 is 0.950 bits per heavy atom. The van der Waals surface area contributed by atoms with Gasteiger partial charge in [-0.3, -0.25) is 0 Å². The summed E-state index contributed by atoms with van der Waals surface area (Å²) in [5.74, 6) is 0. The van der Waals surface area contributed by atoms with Crippen LogP contribution in [0.3, 0.4) is 0 Å². The number of aromatic nitrogens is 2. The molecule has 1 aromatic heterocycles. The zero-order valence-electron chi connectivity index (χ0n) is 13.0. The second kappa shape index (κ2) is 13.1. The third kappa shape index (κ3) is 9.07. The molecule has 0 unspecified atom stereocenters. The van der Waals surface area contributed by atoms with Crippen LogP contribution in [-0.2, 0) is 22.6 Å². The molecule has 1 heterocycles. The van der Waals surface area contributed by atoms with E-state index >= 15 is 0 Å². The number of hydrogen-bond acceptors (Lipinski definition) is 3. The van der Waals surface area contributed by atoms with E-state index in [-0.39, 0.29) is 5.48 Å². The Morgan fingerprint density at radius 2 is 1.60 bits per heavy atom. The molecule has 0 saturated carbocycles. The molecule has 0 aliphatic rings. The highest BCUT2D eigenvalue weighted by Crippen LogP contribution is 1.93. The van der Waals surface area contributed by atoms with Crippen LogP contribution in [0.4, 0.5) is 0 Å². The maximum absolute atomic E-state index is 5.48. The van der Waals surface area contributed by atoms with Crippen molar-refractivity contribution in [3.05, 3.63) is 18.7 Å². The Kier molecular flexibility index (Phi) is 12.5. The van der Waals surface area contributed by atoms with Gasteiger partial charge in [-0.2, -0.15) is 0 Å². The number of nitrogens with zero attached hydrogens (tertiary/aromatic N) is 2. The molecule has 20 heavy (non-hydrogen) atoms. The molecule has 0 atom stereocenters. The summed E-state index contributed by atoms with van der Waals surface area (Å²) in [6, 6.07) is 0. The summed E-state index contributed by atoms with van der Waals surface area (Å²) in [5, 5.41) is 0. The minimum atomic E-state index is 0. The minimum absolute atomic E-state index is 0. The summed E-state index contributed by atoms with van der Waals surface area (Å²) in [4.78, 5) is 0. The number of hydrogen-bond donors (Lipinski definition) is 0. The van der Waals surface area contributed by atoms with Crippen LogP contribution in [0.15, 0.2) is 18.7 Å². The third-order valence-electron chi connectivity index (χ3n) is 2.85. The van der Waals surface area contributed by atoms with Crippen molar-refractivity contribution >= 4 is 0 Å². The van der Waals surface area contributed by atoms with Crippen LogP contribution in [0.5, 0.6) is 0 Å².